The lowest BCUT2D eigenvalue weighted by molar-refractivity contribution is -0.0512. The van der Waals surface area contributed by atoms with Gasteiger partial charge in [0.2, 0.25) is 0 Å². The highest BCUT2D eigenvalue weighted by Crippen LogP contribution is 2.30. The summed E-state index contributed by atoms with van der Waals surface area (Å²) in [7, 11) is 1.35. The van der Waals surface area contributed by atoms with Crippen molar-refractivity contribution in [1.82, 2.24) is 4.90 Å². The first-order valence-corrected chi connectivity index (χ1v) is 6.04. The topological polar surface area (TPSA) is 38.8 Å². The summed E-state index contributed by atoms with van der Waals surface area (Å²) >= 11 is 0. The Balaban J connectivity index is 2.20. The number of likely N-dealkylation sites (tertiary alicyclic amines) is 1. The van der Waals surface area contributed by atoms with Gasteiger partial charge in [0.15, 0.2) is 11.5 Å². The van der Waals surface area contributed by atoms with Gasteiger partial charge in [-0.15, -0.1) is 0 Å². The number of methoxy groups -OCH3 is 1. The van der Waals surface area contributed by atoms with E-state index >= 15 is 0 Å². The van der Waals surface area contributed by atoms with Crippen molar-refractivity contribution >= 4 is 5.91 Å². The Bertz CT molecular complexity index is 459. The fourth-order valence-electron chi connectivity index (χ4n) is 2.10. The molecule has 0 spiro atoms. The van der Waals surface area contributed by atoms with Crippen LogP contribution in [-0.2, 0) is 0 Å². The molecule has 1 fully saturated rings. The van der Waals surface area contributed by atoms with Crippen molar-refractivity contribution in [3.8, 4) is 11.5 Å². The van der Waals surface area contributed by atoms with Crippen LogP contribution < -0.4 is 9.47 Å². The Morgan fingerprint density at radius 1 is 1.26 bits per heavy atom. The van der Waals surface area contributed by atoms with Crippen molar-refractivity contribution in [2.75, 3.05) is 20.2 Å². The summed E-state index contributed by atoms with van der Waals surface area (Å²) < 4.78 is 33.7. The Morgan fingerprint density at radius 3 is 2.53 bits per heavy atom. The van der Waals surface area contributed by atoms with Crippen LogP contribution in [0.3, 0.4) is 0 Å². The van der Waals surface area contributed by atoms with Crippen LogP contribution in [0.4, 0.5) is 8.78 Å². The molecule has 1 amide bonds. The lowest BCUT2D eigenvalue weighted by Gasteiger charge is -2.16. The number of nitrogens with zero attached hydrogens (tertiary/aromatic N) is 1. The summed E-state index contributed by atoms with van der Waals surface area (Å²) in [5.41, 5.74) is 0.417. The van der Waals surface area contributed by atoms with Gasteiger partial charge < -0.3 is 14.4 Å². The minimum atomic E-state index is -2.92. The van der Waals surface area contributed by atoms with E-state index in [1.165, 1.54) is 25.3 Å². The molecule has 0 saturated carbocycles. The number of hydrogen-bond donors (Lipinski definition) is 0. The Labute approximate surface area is 109 Å². The van der Waals surface area contributed by atoms with E-state index in [1.54, 1.807) is 4.90 Å². The normalized spacial score (nSPS) is 14.8. The van der Waals surface area contributed by atoms with Gasteiger partial charge in [-0.05, 0) is 31.0 Å². The summed E-state index contributed by atoms with van der Waals surface area (Å²) in [6.07, 6.45) is 1.99. The molecule has 0 unspecified atom stereocenters. The number of carbonyl (C=O) groups is 1. The second kappa shape index (κ2) is 5.86. The van der Waals surface area contributed by atoms with E-state index in [4.69, 9.17) is 4.74 Å². The molecule has 1 heterocycles. The highest BCUT2D eigenvalue weighted by atomic mass is 19.3. The third kappa shape index (κ3) is 3.13. The molecule has 1 saturated heterocycles. The SMILES string of the molecule is COc1cc(C(=O)N2CCCC2)ccc1OC(F)F. The average molecular weight is 271 g/mol. The van der Waals surface area contributed by atoms with E-state index in [0.29, 0.717) is 5.56 Å². The van der Waals surface area contributed by atoms with Crippen LogP contribution in [0, 0.1) is 0 Å². The molecule has 104 valence electrons. The first-order valence-electron chi connectivity index (χ1n) is 6.04. The van der Waals surface area contributed by atoms with Crippen molar-refractivity contribution in [2.24, 2.45) is 0 Å². The number of carbonyl (C=O) groups excluding carboxylic acids is 1. The predicted octanol–water partition coefficient (Wildman–Crippen LogP) is 2.53. The standard InChI is InChI=1S/C13H15F2NO3/c1-18-11-8-9(4-5-10(11)19-13(14)15)12(17)16-6-2-3-7-16/h4-5,8,13H,2-3,6-7H2,1H3. The Hall–Kier alpha value is -1.85. The fraction of sp³-hybridized carbons (Fsp3) is 0.462. The average Bonchev–Trinajstić information content (AvgIpc) is 2.91. The maximum absolute atomic E-state index is 12.2. The molecule has 0 aromatic heterocycles. The van der Waals surface area contributed by atoms with Gasteiger partial charge in [0.05, 0.1) is 7.11 Å². The van der Waals surface area contributed by atoms with E-state index in [9.17, 15) is 13.6 Å². The summed E-state index contributed by atoms with van der Waals surface area (Å²) in [5.74, 6) is -0.0554. The van der Waals surface area contributed by atoms with Gasteiger partial charge in [0.1, 0.15) is 0 Å². The van der Waals surface area contributed by atoms with E-state index in [-0.39, 0.29) is 17.4 Å². The van der Waals surface area contributed by atoms with Gasteiger partial charge in [-0.2, -0.15) is 8.78 Å². The summed E-state index contributed by atoms with van der Waals surface area (Å²) in [6.45, 7) is -1.46. The summed E-state index contributed by atoms with van der Waals surface area (Å²) in [4.78, 5) is 13.9. The van der Waals surface area contributed by atoms with Gasteiger partial charge in [-0.25, -0.2) is 0 Å². The minimum absolute atomic E-state index is 0.0736. The van der Waals surface area contributed by atoms with Crippen molar-refractivity contribution in [2.45, 2.75) is 19.5 Å². The number of hydrogen-bond acceptors (Lipinski definition) is 3. The van der Waals surface area contributed by atoms with Gasteiger partial charge >= 0.3 is 6.61 Å². The van der Waals surface area contributed by atoms with Crippen LogP contribution in [0.1, 0.15) is 23.2 Å². The van der Waals surface area contributed by atoms with E-state index < -0.39 is 6.61 Å². The van der Waals surface area contributed by atoms with E-state index in [2.05, 4.69) is 4.74 Å². The Morgan fingerprint density at radius 2 is 1.95 bits per heavy atom. The van der Waals surface area contributed by atoms with Crippen molar-refractivity contribution in [3.05, 3.63) is 23.8 Å². The summed E-state index contributed by atoms with van der Waals surface area (Å²) in [5, 5.41) is 0. The van der Waals surface area contributed by atoms with Crippen molar-refractivity contribution in [1.29, 1.82) is 0 Å². The molecule has 1 aliphatic heterocycles. The molecule has 0 radical (unpaired) electrons. The maximum Gasteiger partial charge on any atom is 0.387 e. The number of rotatable bonds is 4. The lowest BCUT2D eigenvalue weighted by atomic mass is 10.2. The molecule has 6 heteroatoms. The quantitative estimate of drug-likeness (QED) is 0.844. The summed E-state index contributed by atoms with van der Waals surface area (Å²) in [6, 6.07) is 4.23. The molecule has 19 heavy (non-hydrogen) atoms. The highest BCUT2D eigenvalue weighted by molar-refractivity contribution is 5.95. The first-order chi connectivity index (χ1) is 9.11. The molecular formula is C13H15F2NO3. The van der Waals surface area contributed by atoms with Gasteiger partial charge in [-0.1, -0.05) is 0 Å². The number of amides is 1. The maximum atomic E-state index is 12.2. The number of benzene rings is 1. The van der Waals surface area contributed by atoms with Gasteiger partial charge in [-0.3, -0.25) is 4.79 Å². The smallest absolute Gasteiger partial charge is 0.387 e. The molecule has 1 aromatic carbocycles. The number of ether oxygens (including phenoxy) is 2. The third-order valence-electron chi connectivity index (χ3n) is 3.02. The Kier molecular flexibility index (Phi) is 4.19. The zero-order valence-corrected chi connectivity index (χ0v) is 10.6. The molecule has 0 N–H and O–H groups in total. The molecule has 1 aliphatic rings. The largest absolute Gasteiger partial charge is 0.493 e. The highest BCUT2D eigenvalue weighted by Gasteiger charge is 2.21. The minimum Gasteiger partial charge on any atom is -0.493 e. The number of alkyl halides is 2. The van der Waals surface area contributed by atoms with Crippen LogP contribution in [-0.4, -0.2) is 37.6 Å². The second-order valence-corrected chi connectivity index (χ2v) is 4.24. The second-order valence-electron chi connectivity index (χ2n) is 4.24. The molecule has 0 bridgehead atoms. The third-order valence-corrected chi connectivity index (χ3v) is 3.02. The molecule has 1 aromatic rings. The van der Waals surface area contributed by atoms with E-state index in [1.807, 2.05) is 0 Å². The molecule has 4 nitrogen and oxygen atoms in total. The molecular weight excluding hydrogens is 256 g/mol. The van der Waals surface area contributed by atoms with Crippen molar-refractivity contribution < 1.29 is 23.0 Å². The van der Waals surface area contributed by atoms with Crippen LogP contribution in [0.2, 0.25) is 0 Å². The van der Waals surface area contributed by atoms with Crippen molar-refractivity contribution in [3.63, 3.8) is 0 Å². The van der Waals surface area contributed by atoms with Crippen LogP contribution >= 0.6 is 0 Å². The zero-order valence-electron chi connectivity index (χ0n) is 10.6. The number of halogens is 2. The molecule has 0 aliphatic carbocycles. The van der Waals surface area contributed by atoms with Gasteiger partial charge in [0.25, 0.3) is 5.91 Å². The van der Waals surface area contributed by atoms with Crippen LogP contribution in [0.25, 0.3) is 0 Å². The predicted molar refractivity (Wildman–Crippen MR) is 64.8 cm³/mol. The van der Waals surface area contributed by atoms with Crippen LogP contribution in [0.15, 0.2) is 18.2 Å². The monoisotopic (exact) mass is 271 g/mol. The van der Waals surface area contributed by atoms with E-state index in [0.717, 1.165) is 25.9 Å². The zero-order chi connectivity index (χ0) is 13.8. The van der Waals surface area contributed by atoms with Gasteiger partial charge in [0, 0.05) is 18.7 Å². The lowest BCUT2D eigenvalue weighted by Crippen LogP contribution is -2.27. The fourth-order valence-corrected chi connectivity index (χ4v) is 2.10. The first kappa shape index (κ1) is 13.6. The molecule has 0 atom stereocenters. The molecule has 2 rings (SSSR count). The van der Waals surface area contributed by atoms with Crippen LogP contribution in [0.5, 0.6) is 11.5 Å².